The van der Waals surface area contributed by atoms with Crippen LogP contribution in [0, 0.1) is 0 Å². The second-order valence-corrected chi connectivity index (χ2v) is 2.76. The first kappa shape index (κ1) is 9.69. The van der Waals surface area contributed by atoms with Gasteiger partial charge in [-0.05, 0) is 6.42 Å². The molecule has 0 spiro atoms. The number of alkyl halides is 2. The maximum Gasteiger partial charge on any atom is 0.132 e. The SMILES string of the molecule is OCCOC(Cl)CCBr. The van der Waals surface area contributed by atoms with Crippen LogP contribution in [0.4, 0.5) is 0 Å². The molecule has 0 aliphatic heterocycles. The molecule has 0 heterocycles. The predicted octanol–water partition coefficient (Wildman–Crippen LogP) is 1.35. The fourth-order valence-electron chi connectivity index (χ4n) is 0.350. The van der Waals surface area contributed by atoms with E-state index < -0.39 is 0 Å². The summed E-state index contributed by atoms with van der Waals surface area (Å²) in [5.41, 5.74) is -0.267. The summed E-state index contributed by atoms with van der Waals surface area (Å²) in [6.45, 7) is 0.354. The lowest BCUT2D eigenvalue weighted by Gasteiger charge is -2.06. The maximum atomic E-state index is 8.29. The molecule has 0 aliphatic rings. The largest absolute Gasteiger partial charge is 0.394 e. The van der Waals surface area contributed by atoms with Crippen LogP contribution in [0.3, 0.4) is 0 Å². The molecule has 0 aromatic heterocycles. The van der Waals surface area contributed by atoms with Crippen LogP contribution in [0.5, 0.6) is 0 Å². The second-order valence-electron chi connectivity index (χ2n) is 1.48. The molecule has 0 aromatic carbocycles. The smallest absolute Gasteiger partial charge is 0.132 e. The van der Waals surface area contributed by atoms with Crippen molar-refractivity contribution in [3.8, 4) is 0 Å². The molecule has 0 amide bonds. The summed E-state index contributed by atoms with van der Waals surface area (Å²) in [6, 6.07) is 0. The average molecular weight is 217 g/mol. The highest BCUT2D eigenvalue weighted by Gasteiger charge is 2.00. The molecule has 1 unspecified atom stereocenters. The first-order valence-electron chi connectivity index (χ1n) is 2.73. The van der Waals surface area contributed by atoms with Gasteiger partial charge in [-0.2, -0.15) is 0 Å². The van der Waals surface area contributed by atoms with E-state index in [9.17, 15) is 0 Å². The van der Waals surface area contributed by atoms with Crippen molar-refractivity contribution in [1.82, 2.24) is 0 Å². The molecule has 9 heavy (non-hydrogen) atoms. The molecule has 1 atom stereocenters. The summed E-state index contributed by atoms with van der Waals surface area (Å²) in [5, 5.41) is 9.11. The number of rotatable bonds is 5. The molecule has 0 saturated heterocycles. The third-order valence-corrected chi connectivity index (χ3v) is 1.53. The number of hydrogen-bond donors (Lipinski definition) is 1. The molecule has 0 radical (unpaired) electrons. The molecule has 0 rings (SSSR count). The van der Waals surface area contributed by atoms with Gasteiger partial charge in [0, 0.05) is 5.33 Å². The Morgan fingerprint density at radius 1 is 1.67 bits per heavy atom. The molecule has 0 aliphatic carbocycles. The minimum Gasteiger partial charge on any atom is -0.394 e. The van der Waals surface area contributed by atoms with Crippen molar-refractivity contribution >= 4 is 27.5 Å². The molecule has 0 saturated carbocycles. The van der Waals surface area contributed by atoms with E-state index in [0.29, 0.717) is 6.61 Å². The molecular formula is C5H10BrClO2. The Morgan fingerprint density at radius 2 is 2.33 bits per heavy atom. The van der Waals surface area contributed by atoms with Gasteiger partial charge in [0.25, 0.3) is 0 Å². The van der Waals surface area contributed by atoms with E-state index in [1.165, 1.54) is 0 Å². The zero-order valence-electron chi connectivity index (χ0n) is 5.02. The lowest BCUT2D eigenvalue weighted by molar-refractivity contribution is 0.0710. The number of aliphatic hydroxyl groups is 1. The van der Waals surface area contributed by atoms with Crippen LogP contribution in [0.1, 0.15) is 6.42 Å². The molecule has 0 bridgehead atoms. The highest BCUT2D eigenvalue weighted by atomic mass is 79.9. The van der Waals surface area contributed by atoms with Crippen LogP contribution in [0.25, 0.3) is 0 Å². The minimum absolute atomic E-state index is 0.0332. The van der Waals surface area contributed by atoms with Gasteiger partial charge in [-0.15, -0.1) is 0 Å². The van der Waals surface area contributed by atoms with Crippen molar-refractivity contribution in [2.75, 3.05) is 18.5 Å². The number of hydrogen-bond acceptors (Lipinski definition) is 2. The topological polar surface area (TPSA) is 29.5 Å². The van der Waals surface area contributed by atoms with E-state index in [1.807, 2.05) is 0 Å². The van der Waals surface area contributed by atoms with Crippen molar-refractivity contribution in [3.63, 3.8) is 0 Å². The molecule has 56 valence electrons. The molecule has 0 fully saturated rings. The van der Waals surface area contributed by atoms with Crippen LogP contribution < -0.4 is 0 Å². The van der Waals surface area contributed by atoms with E-state index in [-0.39, 0.29) is 12.2 Å². The van der Waals surface area contributed by atoms with E-state index >= 15 is 0 Å². The minimum atomic E-state index is -0.267. The van der Waals surface area contributed by atoms with Gasteiger partial charge in [-0.3, -0.25) is 0 Å². The quantitative estimate of drug-likeness (QED) is 0.705. The summed E-state index contributed by atoms with van der Waals surface area (Å²) in [6.07, 6.45) is 0.765. The summed E-state index contributed by atoms with van der Waals surface area (Å²) < 4.78 is 4.92. The Labute approximate surface area is 68.3 Å². The van der Waals surface area contributed by atoms with Crippen molar-refractivity contribution in [3.05, 3.63) is 0 Å². The lowest BCUT2D eigenvalue weighted by Crippen LogP contribution is -2.08. The fraction of sp³-hybridized carbons (Fsp3) is 1.00. The third kappa shape index (κ3) is 6.58. The first-order valence-corrected chi connectivity index (χ1v) is 4.29. The third-order valence-electron chi connectivity index (χ3n) is 0.726. The Balaban J connectivity index is 2.95. The van der Waals surface area contributed by atoms with Gasteiger partial charge >= 0.3 is 0 Å². The number of aliphatic hydroxyl groups excluding tert-OH is 1. The Bertz CT molecular complexity index is 62.9. The van der Waals surface area contributed by atoms with Gasteiger partial charge < -0.3 is 9.84 Å². The monoisotopic (exact) mass is 216 g/mol. The van der Waals surface area contributed by atoms with Crippen molar-refractivity contribution in [2.24, 2.45) is 0 Å². The normalized spacial score (nSPS) is 13.7. The standard InChI is InChI=1S/C5H10BrClO2/c6-2-1-5(7)9-4-3-8/h5,8H,1-4H2. The average Bonchev–Trinajstić information content (AvgIpc) is 1.85. The fourth-order valence-corrected chi connectivity index (χ4v) is 1.23. The van der Waals surface area contributed by atoms with E-state index in [1.54, 1.807) is 0 Å². The molecular weight excluding hydrogens is 207 g/mol. The Kier molecular flexibility index (Phi) is 7.33. The van der Waals surface area contributed by atoms with E-state index in [0.717, 1.165) is 11.8 Å². The van der Waals surface area contributed by atoms with Gasteiger partial charge in [-0.25, -0.2) is 0 Å². The highest BCUT2D eigenvalue weighted by molar-refractivity contribution is 9.09. The number of halogens is 2. The number of ether oxygens (including phenoxy) is 1. The van der Waals surface area contributed by atoms with Crippen LogP contribution in [0.2, 0.25) is 0 Å². The molecule has 4 heteroatoms. The van der Waals surface area contributed by atoms with Gasteiger partial charge in [0.15, 0.2) is 0 Å². The summed E-state index contributed by atoms with van der Waals surface area (Å²) in [7, 11) is 0. The highest BCUT2D eigenvalue weighted by Crippen LogP contribution is 2.04. The van der Waals surface area contributed by atoms with Crippen LogP contribution in [-0.2, 0) is 4.74 Å². The van der Waals surface area contributed by atoms with Gasteiger partial charge in [0.1, 0.15) is 5.56 Å². The van der Waals surface area contributed by atoms with Gasteiger partial charge in [-0.1, -0.05) is 27.5 Å². The Morgan fingerprint density at radius 3 is 2.78 bits per heavy atom. The summed E-state index contributed by atoms with van der Waals surface area (Å²) >= 11 is 8.81. The summed E-state index contributed by atoms with van der Waals surface area (Å²) in [4.78, 5) is 0. The van der Waals surface area contributed by atoms with Crippen molar-refractivity contribution < 1.29 is 9.84 Å². The summed E-state index contributed by atoms with van der Waals surface area (Å²) in [5.74, 6) is 0. The van der Waals surface area contributed by atoms with E-state index in [2.05, 4.69) is 15.9 Å². The van der Waals surface area contributed by atoms with Crippen LogP contribution in [-0.4, -0.2) is 29.2 Å². The van der Waals surface area contributed by atoms with Gasteiger partial charge in [0.05, 0.1) is 13.2 Å². The lowest BCUT2D eigenvalue weighted by atomic mass is 10.5. The van der Waals surface area contributed by atoms with Crippen molar-refractivity contribution in [1.29, 1.82) is 0 Å². The Hall–Kier alpha value is 0.690. The second kappa shape index (κ2) is 6.81. The van der Waals surface area contributed by atoms with Crippen molar-refractivity contribution in [2.45, 2.75) is 12.0 Å². The maximum absolute atomic E-state index is 8.29. The zero-order chi connectivity index (χ0) is 7.11. The first-order chi connectivity index (χ1) is 4.31. The molecule has 2 nitrogen and oxygen atoms in total. The molecule has 1 N–H and O–H groups in total. The zero-order valence-corrected chi connectivity index (χ0v) is 7.36. The molecule has 0 aromatic rings. The van der Waals surface area contributed by atoms with Gasteiger partial charge in [0.2, 0.25) is 0 Å². The van der Waals surface area contributed by atoms with Crippen LogP contribution in [0.15, 0.2) is 0 Å². The predicted molar refractivity (Wildman–Crippen MR) is 41.1 cm³/mol. The van der Waals surface area contributed by atoms with Crippen LogP contribution >= 0.6 is 27.5 Å². The van der Waals surface area contributed by atoms with E-state index in [4.69, 9.17) is 21.4 Å².